The van der Waals surface area contributed by atoms with Crippen molar-refractivity contribution in [3.63, 3.8) is 0 Å². The Balaban J connectivity index is 3.54. The van der Waals surface area contributed by atoms with E-state index in [9.17, 15) is 24.2 Å². The first kappa shape index (κ1) is 56.2. The molecule has 2 unspecified atom stereocenters. The molecule has 0 bridgehead atoms. The van der Waals surface area contributed by atoms with Crippen LogP contribution in [0.25, 0.3) is 0 Å². The molecule has 58 heavy (non-hydrogen) atoms. The lowest BCUT2D eigenvalue weighted by Gasteiger charge is -2.15. The zero-order valence-corrected chi connectivity index (χ0v) is 38.4. The molecule has 0 radical (unpaired) electrons. The van der Waals surface area contributed by atoms with Crippen LogP contribution in [0.5, 0.6) is 0 Å². The summed E-state index contributed by atoms with van der Waals surface area (Å²) < 4.78 is 26.9. The van der Waals surface area contributed by atoms with Gasteiger partial charge in [0.25, 0.3) is 0 Å². The lowest BCUT2D eigenvalue weighted by atomic mass is 10.0. The Bertz CT molecular complexity index is 1050. The minimum Gasteiger partial charge on any atom is -0.463 e. The van der Waals surface area contributed by atoms with Crippen molar-refractivity contribution in [2.24, 2.45) is 0 Å². The monoisotopic (exact) mass is 840 g/mol. The molecule has 0 aromatic heterocycles. The van der Waals surface area contributed by atoms with Crippen LogP contribution < -0.4 is 5.32 Å². The Morgan fingerprint density at radius 3 is 1.48 bits per heavy atom. The molecule has 0 aliphatic carbocycles. The molecular formula is C48H90NO8P. The van der Waals surface area contributed by atoms with Gasteiger partial charge < -0.3 is 20.1 Å². The number of hydrogen-bond acceptors (Lipinski definition) is 7. The third kappa shape index (κ3) is 45.3. The summed E-state index contributed by atoms with van der Waals surface area (Å²) in [5, 5.41) is 12.7. The van der Waals surface area contributed by atoms with Gasteiger partial charge in [0.2, 0.25) is 5.91 Å². The summed E-state index contributed by atoms with van der Waals surface area (Å²) in [6.07, 6.45) is 50.9. The predicted octanol–water partition coefficient (Wildman–Crippen LogP) is 13.7. The Morgan fingerprint density at radius 2 is 0.983 bits per heavy atom. The molecule has 9 nitrogen and oxygen atoms in total. The van der Waals surface area contributed by atoms with E-state index in [-0.39, 0.29) is 32.1 Å². The molecule has 0 aliphatic heterocycles. The van der Waals surface area contributed by atoms with Crippen LogP contribution in [0.4, 0.5) is 0 Å². The maximum Gasteiger partial charge on any atom is 0.472 e. The van der Waals surface area contributed by atoms with E-state index in [2.05, 4.69) is 55.6 Å². The van der Waals surface area contributed by atoms with E-state index in [1.54, 1.807) is 0 Å². The fourth-order valence-corrected chi connectivity index (χ4v) is 7.51. The van der Waals surface area contributed by atoms with Gasteiger partial charge in [-0.2, -0.15) is 0 Å². The van der Waals surface area contributed by atoms with E-state index in [1.165, 1.54) is 122 Å². The van der Waals surface area contributed by atoms with Crippen LogP contribution in [0.3, 0.4) is 0 Å². The first-order valence-corrected chi connectivity index (χ1v) is 25.5. The van der Waals surface area contributed by atoms with E-state index in [0.29, 0.717) is 12.8 Å². The van der Waals surface area contributed by atoms with Gasteiger partial charge in [0, 0.05) is 19.4 Å². The number of nitrogens with one attached hydrogen (secondary N) is 1. The number of allylic oxidation sites excluding steroid dienone is 6. The molecule has 2 atom stereocenters. The number of carbonyl (C=O) groups excluding carboxylic acids is 2. The highest BCUT2D eigenvalue weighted by Crippen LogP contribution is 2.42. The molecule has 10 heteroatoms. The predicted molar refractivity (Wildman–Crippen MR) is 243 cm³/mol. The number of unbranched alkanes of at least 4 members (excludes halogenated alkanes) is 26. The quantitative estimate of drug-likeness (QED) is 0.0239. The van der Waals surface area contributed by atoms with Gasteiger partial charge in [-0.3, -0.25) is 18.6 Å². The van der Waals surface area contributed by atoms with Crippen molar-refractivity contribution in [3.8, 4) is 0 Å². The van der Waals surface area contributed by atoms with E-state index in [0.717, 1.165) is 70.6 Å². The Morgan fingerprint density at radius 1 is 0.552 bits per heavy atom. The summed E-state index contributed by atoms with van der Waals surface area (Å²) in [6, 6.07) is 0. The molecular weight excluding hydrogens is 750 g/mol. The van der Waals surface area contributed by atoms with Crippen molar-refractivity contribution in [1.29, 1.82) is 0 Å². The maximum absolute atomic E-state index is 12.1. The van der Waals surface area contributed by atoms with Gasteiger partial charge >= 0.3 is 13.8 Å². The fraction of sp³-hybridized carbons (Fsp3) is 0.833. The smallest absolute Gasteiger partial charge is 0.463 e. The molecule has 0 saturated carbocycles. The van der Waals surface area contributed by atoms with E-state index < -0.39 is 26.5 Å². The first-order valence-electron chi connectivity index (χ1n) is 24.0. The molecule has 0 saturated heterocycles. The van der Waals surface area contributed by atoms with E-state index in [1.807, 2.05) is 0 Å². The summed E-state index contributed by atoms with van der Waals surface area (Å²) in [5.74, 6) is -0.527. The normalized spacial score (nSPS) is 13.5. The van der Waals surface area contributed by atoms with Crippen molar-refractivity contribution < 1.29 is 37.9 Å². The summed E-state index contributed by atoms with van der Waals surface area (Å²) in [4.78, 5) is 34.0. The molecule has 0 fully saturated rings. The van der Waals surface area contributed by atoms with Crippen molar-refractivity contribution in [3.05, 3.63) is 36.5 Å². The van der Waals surface area contributed by atoms with Crippen LogP contribution in [0.2, 0.25) is 0 Å². The maximum atomic E-state index is 12.1. The molecule has 340 valence electrons. The fourth-order valence-electron chi connectivity index (χ4n) is 6.75. The summed E-state index contributed by atoms with van der Waals surface area (Å²) in [6.45, 7) is 3.45. The minimum atomic E-state index is -4.42. The third-order valence-electron chi connectivity index (χ3n) is 10.3. The number of aliphatic hydroxyl groups is 1. The zero-order valence-electron chi connectivity index (χ0n) is 37.5. The zero-order chi connectivity index (χ0) is 42.5. The molecule has 0 aromatic carbocycles. The molecule has 0 spiro atoms. The Hall–Kier alpha value is -1.77. The molecule has 1 amide bonds. The largest absolute Gasteiger partial charge is 0.472 e. The molecule has 3 N–H and O–H groups in total. The van der Waals surface area contributed by atoms with Crippen molar-refractivity contribution in [2.75, 3.05) is 26.4 Å². The second-order valence-corrected chi connectivity index (χ2v) is 17.5. The van der Waals surface area contributed by atoms with Gasteiger partial charge in [0.05, 0.1) is 13.2 Å². The number of phosphoric ester groups is 1. The van der Waals surface area contributed by atoms with Crippen LogP contribution in [0.1, 0.15) is 226 Å². The number of hydrogen-bond donors (Lipinski definition) is 3. The van der Waals surface area contributed by atoms with Crippen LogP contribution in [-0.4, -0.2) is 54.3 Å². The summed E-state index contributed by atoms with van der Waals surface area (Å²) in [7, 11) is -4.42. The van der Waals surface area contributed by atoms with Gasteiger partial charge in [-0.25, -0.2) is 4.57 Å². The van der Waals surface area contributed by atoms with Crippen LogP contribution in [0.15, 0.2) is 36.5 Å². The first-order chi connectivity index (χ1) is 28.3. The van der Waals surface area contributed by atoms with E-state index >= 15 is 0 Å². The molecule has 0 aromatic rings. The second-order valence-electron chi connectivity index (χ2n) is 16.1. The number of rotatable bonds is 45. The van der Waals surface area contributed by atoms with Gasteiger partial charge in [-0.05, 0) is 44.9 Å². The Kier molecular flexibility index (Phi) is 43.4. The number of carbonyl (C=O) groups is 2. The van der Waals surface area contributed by atoms with Gasteiger partial charge in [-0.1, -0.05) is 204 Å². The number of phosphoric acid groups is 1. The molecule has 0 rings (SSSR count). The van der Waals surface area contributed by atoms with Crippen LogP contribution >= 0.6 is 7.82 Å². The molecule has 0 aliphatic rings. The standard InChI is InChI=1S/C48H90NO8P/c1-3-5-7-9-11-13-15-17-19-20-21-22-23-24-25-27-28-30-32-34-36-38-40-47(51)49-42-43-56-58(53,54)57-45-46(50)44-55-48(52)41-39-37-35-33-31-29-26-18-16-14-12-10-8-6-4-2/h6,8,12,14,18,26,46,50H,3-5,7,9-11,13,15-17,19-25,27-45H2,1-2H3,(H,49,51)(H,53,54)/b8-6-,14-12-,26-18-. The topological polar surface area (TPSA) is 131 Å². The highest BCUT2D eigenvalue weighted by Gasteiger charge is 2.23. The minimum absolute atomic E-state index is 0.0821. The van der Waals surface area contributed by atoms with Gasteiger partial charge in [0.15, 0.2) is 0 Å². The summed E-state index contributed by atoms with van der Waals surface area (Å²) in [5.41, 5.74) is 0. The Labute approximate surface area is 356 Å². The average Bonchev–Trinajstić information content (AvgIpc) is 3.21. The number of aliphatic hydroxyl groups excluding tert-OH is 1. The summed E-state index contributed by atoms with van der Waals surface area (Å²) >= 11 is 0. The number of amides is 1. The lowest BCUT2D eigenvalue weighted by Crippen LogP contribution is -2.27. The third-order valence-corrected chi connectivity index (χ3v) is 11.3. The average molecular weight is 840 g/mol. The van der Waals surface area contributed by atoms with Crippen molar-refractivity contribution in [2.45, 2.75) is 232 Å². The van der Waals surface area contributed by atoms with E-state index in [4.69, 9.17) is 13.8 Å². The highest BCUT2D eigenvalue weighted by molar-refractivity contribution is 7.47. The van der Waals surface area contributed by atoms with Gasteiger partial charge in [0.1, 0.15) is 12.7 Å². The second kappa shape index (κ2) is 44.8. The van der Waals surface area contributed by atoms with Crippen molar-refractivity contribution >= 4 is 19.7 Å². The SMILES string of the molecule is CC/C=C\C/C=C\C/C=C\CCCCCCCC(=O)OCC(O)COP(=O)(O)OCCNC(=O)CCCCCCCCCCCCCCCCCCCCCCCC. The number of ether oxygens (including phenoxy) is 1. The van der Waals surface area contributed by atoms with Gasteiger partial charge in [-0.15, -0.1) is 0 Å². The highest BCUT2D eigenvalue weighted by atomic mass is 31.2. The van der Waals surface area contributed by atoms with Crippen LogP contribution in [0, 0.1) is 0 Å². The van der Waals surface area contributed by atoms with Crippen LogP contribution in [-0.2, 0) is 27.9 Å². The lowest BCUT2D eigenvalue weighted by molar-refractivity contribution is -0.147. The van der Waals surface area contributed by atoms with Crippen molar-refractivity contribution in [1.82, 2.24) is 5.32 Å². The number of esters is 1. The molecule has 0 heterocycles.